The first-order valence-corrected chi connectivity index (χ1v) is 7.10. The Balaban J connectivity index is 1.76. The first kappa shape index (κ1) is 13.0. The second kappa shape index (κ2) is 4.64. The predicted molar refractivity (Wildman–Crippen MR) is 81.2 cm³/mol. The van der Waals surface area contributed by atoms with E-state index in [1.165, 1.54) is 0 Å². The van der Waals surface area contributed by atoms with E-state index in [2.05, 4.69) is 0 Å². The van der Waals surface area contributed by atoms with Crippen molar-refractivity contribution in [2.24, 2.45) is 0 Å². The molecule has 0 saturated carbocycles. The third-order valence-corrected chi connectivity index (χ3v) is 4.23. The van der Waals surface area contributed by atoms with Crippen molar-refractivity contribution >= 4 is 17.9 Å². The molecule has 0 fully saturated rings. The van der Waals surface area contributed by atoms with E-state index in [-0.39, 0.29) is 11.8 Å². The maximum atomic E-state index is 12.5. The average molecular weight is 291 g/mol. The third kappa shape index (κ3) is 1.68. The van der Waals surface area contributed by atoms with Gasteiger partial charge in [0.25, 0.3) is 11.8 Å². The molecule has 0 aromatic heterocycles. The zero-order valence-corrected chi connectivity index (χ0v) is 11.6. The predicted octanol–water partition coefficient (Wildman–Crippen LogP) is 2.41. The summed E-state index contributed by atoms with van der Waals surface area (Å²) in [5.74, 6) is -0.706. The van der Waals surface area contributed by atoms with Crippen molar-refractivity contribution < 1.29 is 14.7 Å². The largest absolute Gasteiger partial charge is 0.386 e. The molecule has 2 unspecified atom stereocenters. The van der Waals surface area contributed by atoms with Gasteiger partial charge in [-0.2, -0.15) is 0 Å². The number of carbonyl (C=O) groups excluding carboxylic acids is 2. The van der Waals surface area contributed by atoms with Crippen LogP contribution in [0, 0.1) is 0 Å². The second-order valence-electron chi connectivity index (χ2n) is 5.45. The first-order chi connectivity index (χ1) is 10.7. The van der Waals surface area contributed by atoms with Gasteiger partial charge in [-0.25, -0.2) is 0 Å². The number of benzene rings is 2. The molecule has 0 bridgehead atoms. The molecular formula is C18H13NO3. The standard InChI is InChI=1S/C18H13NO3/c20-16-12-6-2-1-5-11(12)9-10-15(16)19-17(21)13-7-3-4-8-14(13)18(19)22/h1-10,15-16,20H. The van der Waals surface area contributed by atoms with E-state index >= 15 is 0 Å². The molecule has 1 heterocycles. The number of aliphatic hydroxyl groups is 1. The Bertz CT molecular complexity index is 790. The van der Waals surface area contributed by atoms with E-state index in [0.29, 0.717) is 11.1 Å². The van der Waals surface area contributed by atoms with Gasteiger partial charge in [-0.05, 0) is 23.3 Å². The molecule has 2 amide bonds. The summed E-state index contributed by atoms with van der Waals surface area (Å²) in [6.07, 6.45) is 2.65. The molecule has 2 aromatic carbocycles. The van der Waals surface area contributed by atoms with Crippen molar-refractivity contribution in [3.8, 4) is 0 Å². The van der Waals surface area contributed by atoms with E-state index in [1.54, 1.807) is 30.3 Å². The second-order valence-corrected chi connectivity index (χ2v) is 5.45. The fraction of sp³-hybridized carbons (Fsp3) is 0.111. The van der Waals surface area contributed by atoms with Crippen molar-refractivity contribution in [3.63, 3.8) is 0 Å². The molecule has 0 radical (unpaired) electrons. The zero-order chi connectivity index (χ0) is 15.3. The van der Waals surface area contributed by atoms with Crippen LogP contribution in [0.25, 0.3) is 6.08 Å². The van der Waals surface area contributed by atoms with Gasteiger partial charge in [0.1, 0.15) is 6.10 Å². The Morgan fingerprint density at radius 3 is 2.14 bits per heavy atom. The molecule has 2 atom stereocenters. The smallest absolute Gasteiger partial charge is 0.262 e. The lowest BCUT2D eigenvalue weighted by atomic mass is 9.90. The lowest BCUT2D eigenvalue weighted by Gasteiger charge is -2.31. The third-order valence-electron chi connectivity index (χ3n) is 4.23. The lowest BCUT2D eigenvalue weighted by molar-refractivity contribution is 0.0426. The van der Waals surface area contributed by atoms with Crippen LogP contribution in [-0.4, -0.2) is 27.9 Å². The fourth-order valence-electron chi connectivity index (χ4n) is 3.13. The van der Waals surface area contributed by atoms with E-state index in [0.717, 1.165) is 16.0 Å². The topological polar surface area (TPSA) is 57.6 Å². The van der Waals surface area contributed by atoms with E-state index in [4.69, 9.17) is 0 Å². The van der Waals surface area contributed by atoms with Gasteiger partial charge in [0.2, 0.25) is 0 Å². The number of fused-ring (bicyclic) bond motifs is 2. The summed E-state index contributed by atoms with van der Waals surface area (Å²) in [5, 5.41) is 10.6. The summed E-state index contributed by atoms with van der Waals surface area (Å²) in [5.41, 5.74) is 2.42. The van der Waals surface area contributed by atoms with Gasteiger partial charge < -0.3 is 5.11 Å². The highest BCUT2D eigenvalue weighted by Crippen LogP contribution is 2.35. The quantitative estimate of drug-likeness (QED) is 0.821. The fourth-order valence-corrected chi connectivity index (χ4v) is 3.13. The summed E-state index contributed by atoms with van der Waals surface area (Å²) < 4.78 is 0. The van der Waals surface area contributed by atoms with Crippen molar-refractivity contribution in [2.45, 2.75) is 12.1 Å². The molecule has 2 aliphatic rings. The van der Waals surface area contributed by atoms with Crippen LogP contribution in [0.5, 0.6) is 0 Å². The van der Waals surface area contributed by atoms with Gasteiger partial charge in [0, 0.05) is 0 Å². The van der Waals surface area contributed by atoms with Crippen LogP contribution in [0.3, 0.4) is 0 Å². The number of amides is 2. The van der Waals surface area contributed by atoms with Crippen molar-refractivity contribution in [1.82, 2.24) is 4.90 Å². The van der Waals surface area contributed by atoms with Crippen molar-refractivity contribution in [3.05, 3.63) is 76.9 Å². The number of hydrogen-bond donors (Lipinski definition) is 1. The summed E-state index contributed by atoms with van der Waals surface area (Å²) in [6, 6.07) is 13.5. The maximum absolute atomic E-state index is 12.5. The van der Waals surface area contributed by atoms with Crippen LogP contribution in [-0.2, 0) is 0 Å². The van der Waals surface area contributed by atoms with Gasteiger partial charge in [0.05, 0.1) is 17.2 Å². The van der Waals surface area contributed by atoms with Crippen LogP contribution in [0.2, 0.25) is 0 Å². The zero-order valence-electron chi connectivity index (χ0n) is 11.6. The summed E-state index contributed by atoms with van der Waals surface area (Å²) >= 11 is 0. The number of carbonyl (C=O) groups is 2. The number of aliphatic hydroxyl groups excluding tert-OH is 1. The minimum Gasteiger partial charge on any atom is -0.386 e. The molecule has 1 aliphatic carbocycles. The van der Waals surface area contributed by atoms with Crippen LogP contribution in [0.4, 0.5) is 0 Å². The van der Waals surface area contributed by atoms with Crippen LogP contribution < -0.4 is 0 Å². The Labute approximate surface area is 127 Å². The molecule has 1 aliphatic heterocycles. The van der Waals surface area contributed by atoms with Crippen LogP contribution in [0.1, 0.15) is 37.9 Å². The van der Waals surface area contributed by atoms with Crippen molar-refractivity contribution in [2.75, 3.05) is 0 Å². The summed E-state index contributed by atoms with van der Waals surface area (Å²) in [6.45, 7) is 0. The minimum absolute atomic E-state index is 0.353. The summed E-state index contributed by atoms with van der Waals surface area (Å²) in [4.78, 5) is 26.2. The average Bonchev–Trinajstić information content (AvgIpc) is 2.81. The van der Waals surface area contributed by atoms with Gasteiger partial charge >= 0.3 is 0 Å². The molecule has 1 N–H and O–H groups in total. The molecule has 22 heavy (non-hydrogen) atoms. The highest BCUT2D eigenvalue weighted by Gasteiger charge is 2.42. The maximum Gasteiger partial charge on any atom is 0.262 e. The molecule has 108 valence electrons. The number of imide groups is 1. The molecule has 0 spiro atoms. The van der Waals surface area contributed by atoms with Crippen molar-refractivity contribution in [1.29, 1.82) is 0 Å². The van der Waals surface area contributed by atoms with Gasteiger partial charge in [-0.15, -0.1) is 0 Å². The van der Waals surface area contributed by atoms with Crippen LogP contribution >= 0.6 is 0 Å². The highest BCUT2D eigenvalue weighted by molar-refractivity contribution is 6.21. The Morgan fingerprint density at radius 1 is 0.864 bits per heavy atom. The SMILES string of the molecule is O=C1c2ccccc2C(=O)N1C1C=Cc2ccccc2C1O. The van der Waals surface area contributed by atoms with Gasteiger partial charge in [-0.1, -0.05) is 48.6 Å². The highest BCUT2D eigenvalue weighted by atomic mass is 16.3. The van der Waals surface area contributed by atoms with E-state index in [9.17, 15) is 14.7 Å². The Morgan fingerprint density at radius 2 is 1.45 bits per heavy atom. The number of hydrogen-bond acceptors (Lipinski definition) is 3. The minimum atomic E-state index is -0.914. The monoisotopic (exact) mass is 291 g/mol. The lowest BCUT2D eigenvalue weighted by Crippen LogP contribution is -2.43. The number of nitrogens with zero attached hydrogens (tertiary/aromatic N) is 1. The molecule has 4 heteroatoms. The molecule has 2 aromatic rings. The summed E-state index contributed by atoms with van der Waals surface area (Å²) in [7, 11) is 0. The molecular weight excluding hydrogens is 278 g/mol. The van der Waals surface area contributed by atoms with E-state index < -0.39 is 12.1 Å². The molecule has 4 nitrogen and oxygen atoms in total. The van der Waals surface area contributed by atoms with E-state index in [1.807, 2.05) is 30.3 Å². The Hall–Kier alpha value is -2.72. The van der Waals surface area contributed by atoms with Gasteiger partial charge in [0.15, 0.2) is 0 Å². The molecule has 4 rings (SSSR count). The van der Waals surface area contributed by atoms with Crippen LogP contribution in [0.15, 0.2) is 54.6 Å². The van der Waals surface area contributed by atoms with Gasteiger partial charge in [-0.3, -0.25) is 14.5 Å². The normalized spacial score (nSPS) is 22.7. The molecule has 0 saturated heterocycles. The Kier molecular flexibility index (Phi) is 2.74. The first-order valence-electron chi connectivity index (χ1n) is 7.10. The number of rotatable bonds is 1.